The number of fused-ring (bicyclic) bond motifs is 1. The molecule has 0 unspecified atom stereocenters. The van der Waals surface area contributed by atoms with Gasteiger partial charge in [-0.25, -0.2) is 0 Å². The van der Waals surface area contributed by atoms with Crippen molar-refractivity contribution in [1.29, 1.82) is 0 Å². The Morgan fingerprint density at radius 3 is 2.77 bits per heavy atom. The molecule has 0 radical (unpaired) electrons. The SMILES string of the molecule is CC(C)n1cc2c(Cl)cccc2n1. The summed E-state index contributed by atoms with van der Waals surface area (Å²) in [4.78, 5) is 0. The van der Waals surface area contributed by atoms with E-state index in [9.17, 15) is 0 Å². The van der Waals surface area contributed by atoms with Gasteiger partial charge in [0.05, 0.1) is 10.5 Å². The van der Waals surface area contributed by atoms with Gasteiger partial charge in [0, 0.05) is 17.6 Å². The van der Waals surface area contributed by atoms with E-state index in [4.69, 9.17) is 11.6 Å². The number of aromatic nitrogens is 2. The second-order valence-corrected chi connectivity index (χ2v) is 3.78. The Kier molecular flexibility index (Phi) is 2.00. The van der Waals surface area contributed by atoms with Crippen molar-refractivity contribution in [2.24, 2.45) is 0 Å². The molecule has 0 amide bonds. The van der Waals surface area contributed by atoms with Crippen LogP contribution in [0.1, 0.15) is 19.9 Å². The summed E-state index contributed by atoms with van der Waals surface area (Å²) in [5.41, 5.74) is 0.959. The zero-order valence-electron chi connectivity index (χ0n) is 7.66. The average Bonchev–Trinajstić information content (AvgIpc) is 2.49. The van der Waals surface area contributed by atoms with Crippen molar-refractivity contribution < 1.29 is 0 Å². The van der Waals surface area contributed by atoms with Crippen LogP contribution in [0.5, 0.6) is 0 Å². The van der Waals surface area contributed by atoms with E-state index >= 15 is 0 Å². The van der Waals surface area contributed by atoms with Crippen LogP contribution in [0, 0.1) is 0 Å². The molecule has 1 aromatic carbocycles. The molecule has 0 atom stereocenters. The van der Waals surface area contributed by atoms with Crippen LogP contribution in [-0.4, -0.2) is 9.78 Å². The molecule has 0 saturated heterocycles. The maximum absolute atomic E-state index is 6.02. The van der Waals surface area contributed by atoms with Crippen molar-refractivity contribution in [3.8, 4) is 0 Å². The first-order valence-corrected chi connectivity index (χ1v) is 4.69. The molecule has 2 aromatic rings. The topological polar surface area (TPSA) is 17.8 Å². The molecule has 0 saturated carbocycles. The van der Waals surface area contributed by atoms with Crippen molar-refractivity contribution >= 4 is 22.5 Å². The summed E-state index contributed by atoms with van der Waals surface area (Å²) in [6.45, 7) is 4.19. The third kappa shape index (κ3) is 1.42. The minimum atomic E-state index is 0.378. The van der Waals surface area contributed by atoms with Gasteiger partial charge in [-0.1, -0.05) is 17.7 Å². The lowest BCUT2D eigenvalue weighted by Gasteiger charge is -2.02. The Bertz CT molecular complexity index is 431. The predicted octanol–water partition coefficient (Wildman–Crippen LogP) is 3.27. The number of hydrogen-bond acceptors (Lipinski definition) is 1. The van der Waals surface area contributed by atoms with E-state index in [0.29, 0.717) is 6.04 Å². The standard InChI is InChI=1S/C10H11ClN2/c1-7(2)13-6-8-9(11)4-3-5-10(8)12-13/h3-7H,1-2H3. The zero-order chi connectivity index (χ0) is 9.42. The highest BCUT2D eigenvalue weighted by molar-refractivity contribution is 6.35. The summed E-state index contributed by atoms with van der Waals surface area (Å²) in [6.07, 6.45) is 1.99. The second-order valence-electron chi connectivity index (χ2n) is 3.38. The number of benzene rings is 1. The summed E-state index contributed by atoms with van der Waals surface area (Å²) in [5.74, 6) is 0. The zero-order valence-corrected chi connectivity index (χ0v) is 8.42. The fourth-order valence-corrected chi connectivity index (χ4v) is 1.51. The van der Waals surface area contributed by atoms with E-state index in [1.165, 1.54) is 0 Å². The summed E-state index contributed by atoms with van der Waals surface area (Å²) in [7, 11) is 0. The molecule has 3 heteroatoms. The smallest absolute Gasteiger partial charge is 0.0938 e. The highest BCUT2D eigenvalue weighted by atomic mass is 35.5. The molecule has 0 spiro atoms. The third-order valence-corrected chi connectivity index (χ3v) is 2.37. The highest BCUT2D eigenvalue weighted by Gasteiger charge is 2.05. The molecule has 0 fully saturated rings. The molecule has 2 rings (SSSR count). The van der Waals surface area contributed by atoms with Crippen LogP contribution in [0.15, 0.2) is 24.4 Å². The van der Waals surface area contributed by atoms with Crippen LogP contribution in [0.25, 0.3) is 10.9 Å². The van der Waals surface area contributed by atoms with Gasteiger partial charge in [0.15, 0.2) is 0 Å². The van der Waals surface area contributed by atoms with E-state index in [2.05, 4.69) is 18.9 Å². The number of hydrogen-bond donors (Lipinski definition) is 0. The average molecular weight is 195 g/mol. The Balaban J connectivity index is 2.68. The Morgan fingerprint density at radius 1 is 1.38 bits per heavy atom. The molecule has 0 aliphatic rings. The van der Waals surface area contributed by atoms with Gasteiger partial charge < -0.3 is 0 Å². The van der Waals surface area contributed by atoms with Gasteiger partial charge >= 0.3 is 0 Å². The van der Waals surface area contributed by atoms with Crippen molar-refractivity contribution in [1.82, 2.24) is 9.78 Å². The molecule has 0 bridgehead atoms. The fraction of sp³-hybridized carbons (Fsp3) is 0.300. The third-order valence-electron chi connectivity index (χ3n) is 2.04. The van der Waals surface area contributed by atoms with Crippen LogP contribution in [0.2, 0.25) is 5.02 Å². The first kappa shape index (κ1) is 8.57. The summed E-state index contributed by atoms with van der Waals surface area (Å²) in [5, 5.41) is 6.20. The summed E-state index contributed by atoms with van der Waals surface area (Å²) >= 11 is 6.02. The minimum absolute atomic E-state index is 0.378. The molecule has 13 heavy (non-hydrogen) atoms. The Hall–Kier alpha value is -1.02. The monoisotopic (exact) mass is 194 g/mol. The Morgan fingerprint density at radius 2 is 2.15 bits per heavy atom. The van der Waals surface area contributed by atoms with E-state index in [0.717, 1.165) is 15.9 Å². The minimum Gasteiger partial charge on any atom is -0.269 e. The van der Waals surface area contributed by atoms with Crippen LogP contribution in [0.3, 0.4) is 0 Å². The van der Waals surface area contributed by atoms with Crippen molar-refractivity contribution in [3.63, 3.8) is 0 Å². The predicted molar refractivity (Wildman–Crippen MR) is 55.1 cm³/mol. The van der Waals surface area contributed by atoms with Gasteiger partial charge in [-0.2, -0.15) is 5.10 Å². The van der Waals surface area contributed by atoms with Gasteiger partial charge in [-0.05, 0) is 26.0 Å². The second kappa shape index (κ2) is 3.04. The molecular formula is C10H11ClN2. The lowest BCUT2D eigenvalue weighted by Crippen LogP contribution is -1.99. The quantitative estimate of drug-likeness (QED) is 0.682. The van der Waals surface area contributed by atoms with Gasteiger partial charge in [0.25, 0.3) is 0 Å². The van der Waals surface area contributed by atoms with E-state index in [1.54, 1.807) is 0 Å². The maximum Gasteiger partial charge on any atom is 0.0938 e. The molecule has 68 valence electrons. The van der Waals surface area contributed by atoms with Crippen molar-refractivity contribution in [2.45, 2.75) is 19.9 Å². The lowest BCUT2D eigenvalue weighted by molar-refractivity contribution is 0.537. The molecular weight excluding hydrogens is 184 g/mol. The van der Waals surface area contributed by atoms with Gasteiger partial charge in [0.2, 0.25) is 0 Å². The lowest BCUT2D eigenvalue weighted by atomic mass is 10.3. The molecule has 1 aromatic heterocycles. The van der Waals surface area contributed by atoms with Crippen LogP contribution >= 0.6 is 11.6 Å². The van der Waals surface area contributed by atoms with Gasteiger partial charge in [0.1, 0.15) is 0 Å². The van der Waals surface area contributed by atoms with Crippen molar-refractivity contribution in [2.75, 3.05) is 0 Å². The Labute approximate surface area is 82.1 Å². The summed E-state index contributed by atoms with van der Waals surface area (Å²) < 4.78 is 1.93. The van der Waals surface area contributed by atoms with E-state index in [1.807, 2.05) is 29.1 Å². The molecule has 0 aliphatic carbocycles. The maximum atomic E-state index is 6.02. The molecule has 1 heterocycles. The van der Waals surface area contributed by atoms with Gasteiger partial charge in [-0.3, -0.25) is 4.68 Å². The molecule has 0 N–H and O–H groups in total. The fourth-order valence-electron chi connectivity index (χ4n) is 1.29. The van der Waals surface area contributed by atoms with E-state index < -0.39 is 0 Å². The highest BCUT2D eigenvalue weighted by Crippen LogP contribution is 2.23. The number of nitrogens with zero attached hydrogens (tertiary/aromatic N) is 2. The number of rotatable bonds is 1. The largest absolute Gasteiger partial charge is 0.269 e. The first-order valence-electron chi connectivity index (χ1n) is 4.32. The first-order chi connectivity index (χ1) is 6.18. The van der Waals surface area contributed by atoms with E-state index in [-0.39, 0.29) is 0 Å². The molecule has 0 aliphatic heterocycles. The normalized spacial score (nSPS) is 11.4. The van der Waals surface area contributed by atoms with Gasteiger partial charge in [-0.15, -0.1) is 0 Å². The van der Waals surface area contributed by atoms with Crippen LogP contribution < -0.4 is 0 Å². The van der Waals surface area contributed by atoms with Crippen molar-refractivity contribution in [3.05, 3.63) is 29.4 Å². The van der Waals surface area contributed by atoms with Crippen LogP contribution in [-0.2, 0) is 0 Å². The summed E-state index contributed by atoms with van der Waals surface area (Å²) in [6, 6.07) is 6.15. The molecule has 2 nitrogen and oxygen atoms in total. The van der Waals surface area contributed by atoms with Crippen LogP contribution in [0.4, 0.5) is 0 Å². The number of halogens is 1.